The van der Waals surface area contributed by atoms with Crippen LogP contribution in [0.3, 0.4) is 0 Å². The van der Waals surface area contributed by atoms with Gasteiger partial charge in [-0.2, -0.15) is 0 Å². The number of piperidine rings is 1. The van der Waals surface area contributed by atoms with Crippen molar-refractivity contribution >= 4 is 27.8 Å². The van der Waals surface area contributed by atoms with Crippen LogP contribution in [0.4, 0.5) is 0 Å². The van der Waals surface area contributed by atoms with Crippen LogP contribution in [0, 0.1) is 5.41 Å². The lowest BCUT2D eigenvalue weighted by Crippen LogP contribution is -2.45. The zero-order valence-corrected chi connectivity index (χ0v) is 13.6. The minimum Gasteiger partial charge on any atom is -0.481 e. The molecule has 1 aromatic heterocycles. The summed E-state index contributed by atoms with van der Waals surface area (Å²) >= 11 is 3.44. The number of carboxylic acids is 1. The first-order chi connectivity index (χ1) is 9.90. The quantitative estimate of drug-likeness (QED) is 0.907. The van der Waals surface area contributed by atoms with Gasteiger partial charge in [-0.3, -0.25) is 9.59 Å². The maximum atomic E-state index is 12.7. The van der Waals surface area contributed by atoms with Crippen LogP contribution in [0.25, 0.3) is 0 Å². The topological polar surface area (TPSA) is 62.5 Å². The highest BCUT2D eigenvalue weighted by Crippen LogP contribution is 2.38. The monoisotopic (exact) mass is 354 g/mol. The molecule has 2 aliphatic rings. The summed E-state index contributed by atoms with van der Waals surface area (Å²) in [5.74, 6) is -0.751. The molecule has 1 N–H and O–H groups in total. The van der Waals surface area contributed by atoms with Crippen LogP contribution in [0.5, 0.6) is 0 Å². The number of amides is 1. The van der Waals surface area contributed by atoms with E-state index in [2.05, 4.69) is 20.5 Å². The van der Waals surface area contributed by atoms with Crippen LogP contribution >= 0.6 is 15.9 Å². The molecule has 3 rings (SSSR count). The highest BCUT2D eigenvalue weighted by Gasteiger charge is 2.39. The van der Waals surface area contributed by atoms with Gasteiger partial charge in [0.05, 0.1) is 5.41 Å². The summed E-state index contributed by atoms with van der Waals surface area (Å²) < 4.78 is 2.97. The lowest BCUT2D eigenvalue weighted by Gasteiger charge is -2.36. The van der Waals surface area contributed by atoms with Crippen molar-refractivity contribution in [3.8, 4) is 0 Å². The van der Waals surface area contributed by atoms with Crippen molar-refractivity contribution < 1.29 is 14.7 Å². The van der Waals surface area contributed by atoms with Gasteiger partial charge in [-0.25, -0.2) is 0 Å². The molecule has 1 saturated carbocycles. The van der Waals surface area contributed by atoms with Gasteiger partial charge in [0.2, 0.25) is 0 Å². The molecule has 21 heavy (non-hydrogen) atoms. The van der Waals surface area contributed by atoms with Crippen LogP contribution in [0.1, 0.15) is 49.1 Å². The van der Waals surface area contributed by atoms with Crippen molar-refractivity contribution in [1.82, 2.24) is 9.47 Å². The van der Waals surface area contributed by atoms with Crippen molar-refractivity contribution in [3.05, 3.63) is 22.4 Å². The highest BCUT2D eigenvalue weighted by molar-refractivity contribution is 9.10. The minimum atomic E-state index is -0.765. The minimum absolute atomic E-state index is 0.0139. The molecule has 6 heteroatoms. The van der Waals surface area contributed by atoms with E-state index >= 15 is 0 Å². The number of halogens is 1. The highest BCUT2D eigenvalue weighted by atomic mass is 79.9. The third-order valence-corrected chi connectivity index (χ3v) is 5.08. The van der Waals surface area contributed by atoms with Crippen LogP contribution in [-0.4, -0.2) is 39.5 Å². The Morgan fingerprint density at radius 2 is 1.95 bits per heavy atom. The van der Waals surface area contributed by atoms with Crippen molar-refractivity contribution in [1.29, 1.82) is 0 Å². The second-order valence-corrected chi connectivity index (χ2v) is 7.26. The summed E-state index contributed by atoms with van der Waals surface area (Å²) in [7, 11) is 0. The second-order valence-electron chi connectivity index (χ2n) is 6.34. The molecular weight excluding hydrogens is 336 g/mol. The lowest BCUT2D eigenvalue weighted by molar-refractivity contribution is -0.150. The van der Waals surface area contributed by atoms with Gasteiger partial charge in [0.15, 0.2) is 0 Å². The fourth-order valence-corrected chi connectivity index (χ4v) is 3.29. The van der Waals surface area contributed by atoms with E-state index < -0.39 is 11.4 Å². The Bertz CT molecular complexity index is 584. The number of carbonyl (C=O) groups is 2. The van der Waals surface area contributed by atoms with E-state index in [-0.39, 0.29) is 5.91 Å². The zero-order valence-electron chi connectivity index (χ0n) is 12.0. The van der Waals surface area contributed by atoms with Crippen LogP contribution < -0.4 is 0 Å². The molecule has 114 valence electrons. The van der Waals surface area contributed by atoms with E-state index in [9.17, 15) is 14.7 Å². The Labute approximate surface area is 132 Å². The average molecular weight is 355 g/mol. The largest absolute Gasteiger partial charge is 0.481 e. The van der Waals surface area contributed by atoms with Gasteiger partial charge in [0, 0.05) is 29.8 Å². The summed E-state index contributed by atoms with van der Waals surface area (Å²) in [5.41, 5.74) is 0.0128. The smallest absolute Gasteiger partial charge is 0.309 e. The van der Waals surface area contributed by atoms with Gasteiger partial charge >= 0.3 is 5.97 Å². The van der Waals surface area contributed by atoms with Crippen molar-refractivity contribution in [2.75, 3.05) is 13.1 Å². The molecule has 2 heterocycles. The number of likely N-dealkylation sites (tertiary alicyclic amines) is 1. The maximum Gasteiger partial charge on any atom is 0.309 e. The Morgan fingerprint density at radius 3 is 2.48 bits per heavy atom. The number of carboxylic acid groups (broad SMARTS) is 1. The standard InChI is InChI=1S/C15H19BrN2O3/c1-15(14(20)21)4-6-17(7-5-15)13(19)12-8-10(16)9-18(12)11-2-3-11/h8-9,11H,2-7H2,1H3,(H,20,21). The molecule has 1 aliphatic heterocycles. The van der Waals surface area contributed by atoms with E-state index in [1.165, 1.54) is 0 Å². The third kappa shape index (κ3) is 2.73. The molecule has 1 aromatic rings. The van der Waals surface area contributed by atoms with Gasteiger partial charge in [-0.15, -0.1) is 0 Å². The number of aliphatic carboxylic acids is 1. The number of hydrogen-bond donors (Lipinski definition) is 1. The molecule has 5 nitrogen and oxygen atoms in total. The Morgan fingerprint density at radius 1 is 1.33 bits per heavy atom. The van der Waals surface area contributed by atoms with E-state index in [1.807, 2.05) is 12.3 Å². The van der Waals surface area contributed by atoms with E-state index in [1.54, 1.807) is 11.8 Å². The molecule has 0 spiro atoms. The molecule has 0 unspecified atom stereocenters. The Kier molecular flexibility index (Phi) is 3.59. The van der Waals surface area contributed by atoms with Gasteiger partial charge < -0.3 is 14.6 Å². The first-order valence-corrected chi connectivity index (χ1v) is 8.10. The predicted molar refractivity (Wildman–Crippen MR) is 81.3 cm³/mol. The normalized spacial score (nSPS) is 21.3. The van der Waals surface area contributed by atoms with Crippen molar-refractivity contribution in [3.63, 3.8) is 0 Å². The van der Waals surface area contributed by atoms with Crippen LogP contribution in [0.15, 0.2) is 16.7 Å². The number of nitrogens with zero attached hydrogens (tertiary/aromatic N) is 2. The molecule has 1 aliphatic carbocycles. The molecular formula is C15H19BrN2O3. The summed E-state index contributed by atoms with van der Waals surface area (Å²) in [6.45, 7) is 2.78. The number of carbonyl (C=O) groups excluding carboxylic acids is 1. The fraction of sp³-hybridized carbons (Fsp3) is 0.600. The molecule has 1 saturated heterocycles. The summed E-state index contributed by atoms with van der Waals surface area (Å²) in [6.07, 6.45) is 5.24. The van der Waals surface area contributed by atoms with Crippen LogP contribution in [-0.2, 0) is 4.79 Å². The van der Waals surface area contributed by atoms with Gasteiger partial charge in [-0.1, -0.05) is 0 Å². The first-order valence-electron chi connectivity index (χ1n) is 7.31. The summed E-state index contributed by atoms with van der Waals surface area (Å²) in [5, 5.41) is 9.25. The molecule has 0 bridgehead atoms. The lowest BCUT2D eigenvalue weighted by atomic mass is 9.80. The molecule has 2 fully saturated rings. The SMILES string of the molecule is CC1(C(=O)O)CCN(C(=O)c2cc(Br)cn2C2CC2)CC1. The third-order valence-electron chi connectivity index (χ3n) is 4.65. The zero-order chi connectivity index (χ0) is 15.2. The number of rotatable bonds is 3. The second kappa shape index (κ2) is 5.16. The van der Waals surface area contributed by atoms with Crippen LogP contribution in [0.2, 0.25) is 0 Å². The van der Waals surface area contributed by atoms with Crippen molar-refractivity contribution in [2.24, 2.45) is 5.41 Å². The molecule has 0 atom stereocenters. The summed E-state index contributed by atoms with van der Waals surface area (Å²) in [4.78, 5) is 25.7. The van der Waals surface area contributed by atoms with Gasteiger partial charge in [0.1, 0.15) is 5.69 Å². The Balaban J connectivity index is 1.74. The van der Waals surface area contributed by atoms with Gasteiger partial charge in [0.25, 0.3) is 5.91 Å². The van der Waals surface area contributed by atoms with E-state index in [0.717, 1.165) is 17.3 Å². The van der Waals surface area contributed by atoms with Crippen molar-refractivity contribution in [2.45, 2.75) is 38.6 Å². The maximum absolute atomic E-state index is 12.7. The Hall–Kier alpha value is -1.30. The molecule has 1 amide bonds. The van der Waals surface area contributed by atoms with Gasteiger partial charge in [-0.05, 0) is 54.6 Å². The average Bonchev–Trinajstić information content (AvgIpc) is 3.21. The molecule has 0 radical (unpaired) electrons. The number of aromatic nitrogens is 1. The fourth-order valence-electron chi connectivity index (χ4n) is 2.85. The molecule has 0 aromatic carbocycles. The summed E-state index contributed by atoms with van der Waals surface area (Å²) in [6, 6.07) is 2.32. The number of hydrogen-bond acceptors (Lipinski definition) is 2. The van der Waals surface area contributed by atoms with E-state index in [0.29, 0.717) is 37.7 Å². The van der Waals surface area contributed by atoms with E-state index in [4.69, 9.17) is 0 Å². The first kappa shape index (κ1) is 14.6. The predicted octanol–water partition coefficient (Wildman–Crippen LogP) is 2.91.